The third-order valence-corrected chi connectivity index (χ3v) is 5.29. The van der Waals surface area contributed by atoms with Crippen LogP contribution in [0, 0.1) is 0 Å². The number of likely N-dealkylation sites (tertiary alicyclic amines) is 1. The van der Waals surface area contributed by atoms with E-state index in [2.05, 4.69) is 10.2 Å². The van der Waals surface area contributed by atoms with Gasteiger partial charge in [0.05, 0.1) is 0 Å². The van der Waals surface area contributed by atoms with Gasteiger partial charge in [0.25, 0.3) is 0 Å². The maximum absolute atomic E-state index is 11.5. The van der Waals surface area contributed by atoms with Crippen LogP contribution >= 0.6 is 11.8 Å². The number of amides is 2. The zero-order valence-corrected chi connectivity index (χ0v) is 13.3. The second kappa shape index (κ2) is 6.68. The van der Waals surface area contributed by atoms with E-state index in [1.54, 1.807) is 4.68 Å². The molecule has 0 spiro atoms. The fourth-order valence-corrected chi connectivity index (χ4v) is 3.91. The Hall–Kier alpha value is -1.57. The molecule has 0 bridgehead atoms. The summed E-state index contributed by atoms with van der Waals surface area (Å²) in [5.74, 6) is 7.80. The summed E-state index contributed by atoms with van der Waals surface area (Å²) in [6, 6.07) is 0. The highest BCUT2D eigenvalue weighted by atomic mass is 32.2. The monoisotopic (exact) mass is 323 g/mol. The van der Waals surface area contributed by atoms with E-state index < -0.39 is 0 Å². The first-order valence-electron chi connectivity index (χ1n) is 7.83. The highest BCUT2D eigenvalue weighted by molar-refractivity contribution is 7.99. The van der Waals surface area contributed by atoms with Gasteiger partial charge in [0.1, 0.15) is 0 Å². The number of nitrogen functional groups attached to an aromatic ring is 1. The summed E-state index contributed by atoms with van der Waals surface area (Å²) in [6.45, 7) is 0.411. The summed E-state index contributed by atoms with van der Waals surface area (Å²) < 4.78 is 1.58. The highest BCUT2D eigenvalue weighted by Gasteiger charge is 2.28. The normalized spacial score (nSPS) is 20.1. The van der Waals surface area contributed by atoms with Gasteiger partial charge < -0.3 is 5.84 Å². The van der Waals surface area contributed by atoms with Crippen LogP contribution in [0.4, 0.5) is 0 Å². The van der Waals surface area contributed by atoms with Crippen LogP contribution in [0.15, 0.2) is 5.16 Å². The van der Waals surface area contributed by atoms with Crippen molar-refractivity contribution in [2.75, 3.05) is 18.1 Å². The van der Waals surface area contributed by atoms with Gasteiger partial charge in [0, 0.05) is 31.1 Å². The molecule has 1 aromatic rings. The number of carbonyl (C=O) groups excluding carboxylic acids is 2. The average Bonchev–Trinajstić information content (AvgIpc) is 3.05. The van der Waals surface area contributed by atoms with Crippen LogP contribution in [0.3, 0.4) is 0 Å². The van der Waals surface area contributed by atoms with Crippen molar-refractivity contribution in [3.05, 3.63) is 5.82 Å². The summed E-state index contributed by atoms with van der Waals surface area (Å²) >= 11 is 1.44. The minimum atomic E-state index is -0.0808. The number of rotatable bonds is 5. The summed E-state index contributed by atoms with van der Waals surface area (Å²) in [6.07, 6.45) is 6.64. The predicted molar refractivity (Wildman–Crippen MR) is 82.7 cm³/mol. The largest absolute Gasteiger partial charge is 0.336 e. The van der Waals surface area contributed by atoms with Gasteiger partial charge in [-0.15, -0.1) is 10.2 Å². The standard InChI is InChI=1S/C14H21N5O2S/c15-19-13(10-4-2-1-3-5-10)16-17-14(19)22-9-8-18-11(20)6-7-12(18)21/h10H,1-9,15H2. The molecule has 1 aliphatic heterocycles. The van der Waals surface area contributed by atoms with Crippen LogP contribution in [0.1, 0.15) is 56.7 Å². The number of carbonyl (C=O) groups is 2. The molecule has 0 aromatic carbocycles. The number of hydrogen-bond donors (Lipinski definition) is 1. The molecule has 2 amide bonds. The molecular weight excluding hydrogens is 302 g/mol. The minimum absolute atomic E-state index is 0.0808. The van der Waals surface area contributed by atoms with E-state index in [0.717, 1.165) is 18.7 Å². The SMILES string of the molecule is Nn1c(SCCN2C(=O)CCC2=O)nnc1C1CCCCC1. The van der Waals surface area contributed by atoms with Gasteiger partial charge in [-0.25, -0.2) is 4.68 Å². The number of thioether (sulfide) groups is 1. The minimum Gasteiger partial charge on any atom is -0.336 e. The van der Waals surface area contributed by atoms with Gasteiger partial charge in [-0.3, -0.25) is 14.5 Å². The molecule has 1 saturated carbocycles. The van der Waals surface area contributed by atoms with E-state index in [-0.39, 0.29) is 11.8 Å². The Bertz CT molecular complexity index is 552. The number of hydrogen-bond acceptors (Lipinski definition) is 6. The second-order valence-corrected chi connectivity index (χ2v) is 6.90. The Morgan fingerprint density at radius 2 is 1.77 bits per heavy atom. The Balaban J connectivity index is 1.56. The first-order chi connectivity index (χ1) is 10.7. The number of imide groups is 1. The smallest absolute Gasteiger partial charge is 0.229 e. The molecule has 7 nitrogen and oxygen atoms in total. The van der Waals surface area contributed by atoms with Gasteiger partial charge in [-0.1, -0.05) is 31.0 Å². The highest BCUT2D eigenvalue weighted by Crippen LogP contribution is 2.32. The van der Waals surface area contributed by atoms with Crippen molar-refractivity contribution in [3.8, 4) is 0 Å². The molecule has 1 aromatic heterocycles. The number of nitrogens with zero attached hydrogens (tertiary/aromatic N) is 4. The average molecular weight is 323 g/mol. The van der Waals surface area contributed by atoms with Gasteiger partial charge in [0.2, 0.25) is 17.0 Å². The first-order valence-corrected chi connectivity index (χ1v) is 8.81. The van der Waals surface area contributed by atoms with E-state index >= 15 is 0 Å². The third kappa shape index (κ3) is 3.11. The molecule has 2 aliphatic rings. The van der Waals surface area contributed by atoms with E-state index in [0.29, 0.717) is 36.2 Å². The quantitative estimate of drug-likeness (QED) is 0.498. The van der Waals surface area contributed by atoms with Crippen molar-refractivity contribution >= 4 is 23.6 Å². The van der Waals surface area contributed by atoms with Crippen LogP contribution in [-0.2, 0) is 9.59 Å². The van der Waals surface area contributed by atoms with Crippen molar-refractivity contribution in [1.82, 2.24) is 19.8 Å². The fourth-order valence-electron chi connectivity index (χ4n) is 3.13. The van der Waals surface area contributed by atoms with Crippen molar-refractivity contribution in [3.63, 3.8) is 0 Å². The summed E-state index contributed by atoms with van der Waals surface area (Å²) in [7, 11) is 0. The molecule has 2 heterocycles. The Morgan fingerprint density at radius 1 is 1.09 bits per heavy atom. The third-order valence-electron chi connectivity index (χ3n) is 4.36. The van der Waals surface area contributed by atoms with Gasteiger partial charge in [-0.05, 0) is 12.8 Å². The van der Waals surface area contributed by atoms with E-state index in [4.69, 9.17) is 5.84 Å². The molecule has 8 heteroatoms. The molecule has 2 N–H and O–H groups in total. The van der Waals surface area contributed by atoms with Crippen molar-refractivity contribution in [2.45, 2.75) is 56.0 Å². The number of aromatic nitrogens is 3. The fraction of sp³-hybridized carbons (Fsp3) is 0.714. The van der Waals surface area contributed by atoms with Crippen LogP contribution < -0.4 is 5.84 Å². The lowest BCUT2D eigenvalue weighted by Crippen LogP contribution is -2.31. The van der Waals surface area contributed by atoms with Crippen molar-refractivity contribution in [1.29, 1.82) is 0 Å². The molecule has 0 atom stereocenters. The van der Waals surface area contributed by atoms with Crippen molar-refractivity contribution in [2.24, 2.45) is 0 Å². The molecule has 22 heavy (non-hydrogen) atoms. The van der Waals surface area contributed by atoms with Crippen molar-refractivity contribution < 1.29 is 9.59 Å². The zero-order valence-electron chi connectivity index (χ0n) is 12.5. The lowest BCUT2D eigenvalue weighted by atomic mass is 9.89. The maximum atomic E-state index is 11.5. The topological polar surface area (TPSA) is 94.1 Å². The Kier molecular flexibility index (Phi) is 4.66. The summed E-state index contributed by atoms with van der Waals surface area (Å²) in [5, 5.41) is 9.05. The predicted octanol–water partition coefficient (Wildman–Crippen LogP) is 1.28. The zero-order chi connectivity index (χ0) is 15.5. The number of nitrogens with two attached hydrogens (primary N) is 1. The summed E-state index contributed by atoms with van der Waals surface area (Å²) in [4.78, 5) is 24.4. The molecule has 1 saturated heterocycles. The molecule has 3 rings (SSSR count). The Morgan fingerprint density at radius 3 is 2.45 bits per heavy atom. The lowest BCUT2D eigenvalue weighted by Gasteiger charge is -2.20. The van der Waals surface area contributed by atoms with E-state index in [9.17, 15) is 9.59 Å². The molecule has 2 fully saturated rings. The maximum Gasteiger partial charge on any atom is 0.229 e. The van der Waals surface area contributed by atoms with Gasteiger partial charge >= 0.3 is 0 Å². The van der Waals surface area contributed by atoms with E-state index in [1.807, 2.05) is 0 Å². The molecule has 0 radical (unpaired) electrons. The summed E-state index contributed by atoms with van der Waals surface area (Å²) in [5.41, 5.74) is 0. The van der Waals surface area contributed by atoms with Gasteiger partial charge in [0.15, 0.2) is 5.82 Å². The van der Waals surface area contributed by atoms with Crippen LogP contribution in [-0.4, -0.2) is 43.9 Å². The molecule has 120 valence electrons. The van der Waals surface area contributed by atoms with E-state index in [1.165, 1.54) is 35.9 Å². The molecular formula is C14H21N5O2S. The van der Waals surface area contributed by atoms with Crippen LogP contribution in [0.2, 0.25) is 0 Å². The van der Waals surface area contributed by atoms with Crippen LogP contribution in [0.5, 0.6) is 0 Å². The second-order valence-electron chi connectivity index (χ2n) is 5.83. The molecule has 1 aliphatic carbocycles. The Labute approximate surface area is 133 Å². The van der Waals surface area contributed by atoms with Crippen LogP contribution in [0.25, 0.3) is 0 Å². The van der Waals surface area contributed by atoms with Gasteiger partial charge in [-0.2, -0.15) is 0 Å². The molecule has 0 unspecified atom stereocenters. The first kappa shape index (κ1) is 15.3. The lowest BCUT2D eigenvalue weighted by molar-refractivity contribution is -0.137.